The molecule has 0 fully saturated rings. The SMILES string of the molecule is N#C/C(=C\c1ccc(-c2ccccc2[N+](=O)[O-])o1)C(=O)Nc1sc2c(c1C#N)CCCC2. The minimum absolute atomic E-state index is 0.110. The molecule has 1 N–H and O–H groups in total. The maximum atomic E-state index is 12.7. The van der Waals surface area contributed by atoms with Gasteiger partial charge in [0.05, 0.1) is 16.1 Å². The van der Waals surface area contributed by atoms with Crippen LogP contribution in [0.4, 0.5) is 10.7 Å². The first-order chi connectivity index (χ1) is 15.5. The first-order valence-corrected chi connectivity index (χ1v) is 10.6. The highest BCUT2D eigenvalue weighted by Crippen LogP contribution is 2.38. The van der Waals surface area contributed by atoms with E-state index >= 15 is 0 Å². The average Bonchev–Trinajstić information content (AvgIpc) is 3.41. The Labute approximate surface area is 187 Å². The second-order valence-electron chi connectivity index (χ2n) is 7.13. The van der Waals surface area contributed by atoms with Gasteiger partial charge in [-0.05, 0) is 49.4 Å². The summed E-state index contributed by atoms with van der Waals surface area (Å²) >= 11 is 1.38. The molecule has 32 heavy (non-hydrogen) atoms. The molecule has 0 atom stereocenters. The van der Waals surface area contributed by atoms with Gasteiger partial charge in [0.25, 0.3) is 11.6 Å². The largest absolute Gasteiger partial charge is 0.456 e. The quantitative estimate of drug-likeness (QED) is 0.248. The second-order valence-corrected chi connectivity index (χ2v) is 8.23. The van der Waals surface area contributed by atoms with Gasteiger partial charge in [0.1, 0.15) is 34.2 Å². The number of thiophene rings is 1. The molecule has 0 aliphatic heterocycles. The van der Waals surface area contributed by atoms with E-state index in [-0.39, 0.29) is 22.8 Å². The average molecular weight is 444 g/mol. The van der Waals surface area contributed by atoms with Crippen LogP contribution in [-0.4, -0.2) is 10.8 Å². The molecule has 0 radical (unpaired) electrons. The van der Waals surface area contributed by atoms with Crippen molar-refractivity contribution in [3.63, 3.8) is 0 Å². The number of nitrogens with zero attached hydrogens (tertiary/aromatic N) is 3. The molecular weight excluding hydrogens is 428 g/mol. The summed E-state index contributed by atoms with van der Waals surface area (Å²) in [5.41, 5.74) is 1.43. The molecule has 1 aliphatic carbocycles. The Morgan fingerprint density at radius 3 is 2.72 bits per heavy atom. The van der Waals surface area contributed by atoms with Crippen LogP contribution < -0.4 is 5.32 Å². The summed E-state index contributed by atoms with van der Waals surface area (Å²) in [5.74, 6) is -0.194. The number of carbonyl (C=O) groups excluding carboxylic acids is 1. The second kappa shape index (κ2) is 8.88. The number of para-hydroxylation sites is 1. The van der Waals surface area contributed by atoms with E-state index < -0.39 is 10.8 Å². The normalized spacial score (nSPS) is 13.0. The molecule has 0 bridgehead atoms. The van der Waals surface area contributed by atoms with Gasteiger partial charge in [0.15, 0.2) is 0 Å². The number of nitriles is 2. The van der Waals surface area contributed by atoms with Crippen LogP contribution in [0.25, 0.3) is 17.4 Å². The Balaban J connectivity index is 1.59. The fourth-order valence-corrected chi connectivity index (χ4v) is 4.88. The molecule has 1 aromatic carbocycles. The number of fused-ring (bicyclic) bond motifs is 1. The highest BCUT2D eigenvalue weighted by Gasteiger charge is 2.23. The smallest absolute Gasteiger partial charge is 0.280 e. The number of nitro groups is 1. The van der Waals surface area contributed by atoms with Crippen molar-refractivity contribution in [2.75, 3.05) is 5.32 Å². The Morgan fingerprint density at radius 2 is 1.97 bits per heavy atom. The predicted octanol–water partition coefficient (Wildman–Crippen LogP) is 5.21. The fraction of sp³-hybridized carbons (Fsp3) is 0.174. The number of rotatable bonds is 5. The lowest BCUT2D eigenvalue weighted by atomic mass is 9.96. The summed E-state index contributed by atoms with van der Waals surface area (Å²) in [7, 11) is 0. The monoisotopic (exact) mass is 444 g/mol. The zero-order chi connectivity index (χ0) is 22.7. The van der Waals surface area contributed by atoms with Crippen molar-refractivity contribution in [1.29, 1.82) is 10.5 Å². The first-order valence-electron chi connectivity index (χ1n) is 9.83. The minimum Gasteiger partial charge on any atom is -0.456 e. The summed E-state index contributed by atoms with van der Waals surface area (Å²) < 4.78 is 5.64. The molecule has 0 spiro atoms. The van der Waals surface area contributed by atoms with Crippen LogP contribution in [0.2, 0.25) is 0 Å². The van der Waals surface area contributed by atoms with Crippen LogP contribution in [0.15, 0.2) is 46.4 Å². The molecule has 158 valence electrons. The minimum atomic E-state index is -0.647. The number of hydrogen-bond donors (Lipinski definition) is 1. The van der Waals surface area contributed by atoms with E-state index in [0.29, 0.717) is 16.1 Å². The molecule has 0 unspecified atom stereocenters. The molecule has 4 rings (SSSR count). The number of benzene rings is 1. The van der Waals surface area contributed by atoms with E-state index in [4.69, 9.17) is 4.42 Å². The topological polar surface area (TPSA) is 133 Å². The molecule has 0 saturated heterocycles. The Bertz CT molecular complexity index is 1340. The third kappa shape index (κ3) is 4.02. The van der Waals surface area contributed by atoms with E-state index in [9.17, 15) is 25.4 Å². The van der Waals surface area contributed by atoms with Crippen molar-refractivity contribution in [2.45, 2.75) is 25.7 Å². The van der Waals surface area contributed by atoms with Crippen molar-refractivity contribution in [3.05, 3.63) is 73.8 Å². The highest BCUT2D eigenvalue weighted by atomic mass is 32.1. The summed E-state index contributed by atoms with van der Waals surface area (Å²) in [6.45, 7) is 0. The van der Waals surface area contributed by atoms with Gasteiger partial charge in [0, 0.05) is 17.0 Å². The van der Waals surface area contributed by atoms with Crippen molar-refractivity contribution < 1.29 is 14.1 Å². The maximum Gasteiger partial charge on any atom is 0.280 e. The number of anilines is 1. The number of nitro benzene ring substituents is 1. The van der Waals surface area contributed by atoms with Crippen molar-refractivity contribution in [3.8, 4) is 23.5 Å². The van der Waals surface area contributed by atoms with Crippen LogP contribution in [0, 0.1) is 32.8 Å². The lowest BCUT2D eigenvalue weighted by Crippen LogP contribution is -2.13. The molecule has 2 aromatic heterocycles. The molecule has 1 aliphatic rings. The Hall–Kier alpha value is -4.21. The van der Waals surface area contributed by atoms with E-state index in [1.54, 1.807) is 24.3 Å². The van der Waals surface area contributed by atoms with Crippen molar-refractivity contribution >= 4 is 34.0 Å². The van der Waals surface area contributed by atoms with Gasteiger partial charge in [-0.25, -0.2) is 0 Å². The molecule has 3 aromatic rings. The van der Waals surface area contributed by atoms with Crippen molar-refractivity contribution in [1.82, 2.24) is 0 Å². The summed E-state index contributed by atoms with van der Waals surface area (Å²) in [5, 5.41) is 33.4. The highest BCUT2D eigenvalue weighted by molar-refractivity contribution is 7.16. The molecule has 2 heterocycles. The van der Waals surface area contributed by atoms with Gasteiger partial charge in [-0.3, -0.25) is 14.9 Å². The van der Waals surface area contributed by atoms with E-state index in [0.717, 1.165) is 36.1 Å². The van der Waals surface area contributed by atoms with Gasteiger partial charge in [-0.1, -0.05) is 12.1 Å². The van der Waals surface area contributed by atoms with Gasteiger partial charge in [0.2, 0.25) is 0 Å². The predicted molar refractivity (Wildman–Crippen MR) is 119 cm³/mol. The standard InChI is InChI=1S/C23H16N4O4S/c24-12-14(22(28)26-23-18(13-25)16-5-2-4-8-21(16)32-23)11-15-9-10-20(31-15)17-6-1-3-7-19(17)27(29)30/h1,3,6-7,9-11H,2,4-5,8H2,(H,26,28)/b14-11+. The van der Waals surface area contributed by atoms with Crippen LogP contribution in [0.3, 0.4) is 0 Å². The van der Waals surface area contributed by atoms with E-state index in [2.05, 4.69) is 11.4 Å². The first kappa shape index (κ1) is 21.0. The van der Waals surface area contributed by atoms with Crippen LogP contribution >= 0.6 is 11.3 Å². The number of nitrogens with one attached hydrogen (secondary N) is 1. The van der Waals surface area contributed by atoms with E-state index in [1.165, 1.54) is 29.5 Å². The zero-order valence-corrected chi connectivity index (χ0v) is 17.6. The summed E-state index contributed by atoms with van der Waals surface area (Å²) in [6.07, 6.45) is 5.02. The van der Waals surface area contributed by atoms with Crippen LogP contribution in [-0.2, 0) is 17.6 Å². The lowest BCUT2D eigenvalue weighted by molar-refractivity contribution is -0.384. The van der Waals surface area contributed by atoms with Gasteiger partial charge >= 0.3 is 0 Å². The lowest BCUT2D eigenvalue weighted by Gasteiger charge is -2.09. The van der Waals surface area contributed by atoms with E-state index in [1.807, 2.05) is 6.07 Å². The molecular formula is C23H16N4O4S. The summed E-state index contributed by atoms with van der Waals surface area (Å²) in [4.78, 5) is 24.6. The molecule has 8 nitrogen and oxygen atoms in total. The number of aryl methyl sites for hydroxylation is 1. The number of carbonyl (C=O) groups is 1. The Kier molecular flexibility index (Phi) is 5.84. The number of furan rings is 1. The molecule has 1 amide bonds. The summed E-state index contributed by atoms with van der Waals surface area (Å²) in [6, 6.07) is 13.2. The van der Waals surface area contributed by atoms with Crippen LogP contribution in [0.1, 0.15) is 34.6 Å². The molecule has 9 heteroatoms. The van der Waals surface area contributed by atoms with Gasteiger partial charge < -0.3 is 9.73 Å². The fourth-order valence-electron chi connectivity index (χ4n) is 3.65. The maximum absolute atomic E-state index is 12.7. The number of hydrogen-bond acceptors (Lipinski definition) is 7. The molecule has 0 saturated carbocycles. The van der Waals surface area contributed by atoms with Crippen molar-refractivity contribution in [2.24, 2.45) is 0 Å². The van der Waals surface area contributed by atoms with Gasteiger partial charge in [-0.15, -0.1) is 11.3 Å². The zero-order valence-electron chi connectivity index (χ0n) is 16.8. The van der Waals surface area contributed by atoms with Gasteiger partial charge in [-0.2, -0.15) is 10.5 Å². The van der Waals surface area contributed by atoms with Crippen LogP contribution in [0.5, 0.6) is 0 Å². The third-order valence-corrected chi connectivity index (χ3v) is 6.36. The number of amides is 1. The Morgan fingerprint density at radius 1 is 1.19 bits per heavy atom. The third-order valence-electron chi connectivity index (χ3n) is 5.15.